The number of hydrogen-bond acceptors (Lipinski definition) is 3. The predicted molar refractivity (Wildman–Crippen MR) is 71.5 cm³/mol. The molecule has 1 aromatic heterocycles. The van der Waals surface area contributed by atoms with Crippen LogP contribution >= 0.6 is 0 Å². The monoisotopic (exact) mass is 240 g/mol. The summed E-state index contributed by atoms with van der Waals surface area (Å²) in [6.07, 6.45) is 3.29. The minimum absolute atomic E-state index is 0.500. The van der Waals surface area contributed by atoms with Gasteiger partial charge in [0.05, 0.1) is 12.0 Å². The van der Waals surface area contributed by atoms with Gasteiger partial charge in [0, 0.05) is 19.8 Å². The fraction of sp³-hybridized carbons (Fsp3) is 0.286. The van der Waals surface area contributed by atoms with E-state index in [4.69, 9.17) is 5.26 Å². The van der Waals surface area contributed by atoms with Crippen LogP contribution in [-0.2, 0) is 12.8 Å². The molecular weight excluding hydrogens is 224 g/mol. The van der Waals surface area contributed by atoms with E-state index in [1.165, 1.54) is 11.3 Å². The van der Waals surface area contributed by atoms with E-state index in [0.717, 1.165) is 18.5 Å². The average Bonchev–Trinajstić information content (AvgIpc) is 2.84. The highest BCUT2D eigenvalue weighted by Crippen LogP contribution is 2.14. The van der Waals surface area contributed by atoms with Crippen LogP contribution in [-0.4, -0.2) is 24.1 Å². The molecule has 2 rings (SSSR count). The minimum atomic E-state index is 0.500. The van der Waals surface area contributed by atoms with Crippen molar-refractivity contribution >= 4 is 5.69 Å². The van der Waals surface area contributed by atoms with Crippen molar-refractivity contribution < 1.29 is 0 Å². The van der Waals surface area contributed by atoms with Crippen molar-refractivity contribution in [3.8, 4) is 6.07 Å². The molecule has 4 heteroatoms. The summed E-state index contributed by atoms with van der Waals surface area (Å²) in [5, 5.41) is 8.86. The van der Waals surface area contributed by atoms with Crippen molar-refractivity contribution in [1.29, 1.82) is 5.26 Å². The minimum Gasteiger partial charge on any atom is -0.378 e. The van der Waals surface area contributed by atoms with E-state index >= 15 is 0 Å². The largest absolute Gasteiger partial charge is 0.378 e. The standard InChI is InChI=1S/C14H16N4/c1-18(2)12-6-3-11(4-7-12)5-8-13-14(9-15)17-10-16-13/h3-4,6-7,10H,5,8H2,1-2H3,(H,16,17). The van der Waals surface area contributed by atoms with Gasteiger partial charge >= 0.3 is 0 Å². The maximum absolute atomic E-state index is 8.86. The van der Waals surface area contributed by atoms with Gasteiger partial charge in [0.15, 0.2) is 5.69 Å². The van der Waals surface area contributed by atoms with Gasteiger partial charge in [-0.25, -0.2) is 4.98 Å². The lowest BCUT2D eigenvalue weighted by Crippen LogP contribution is -2.08. The molecule has 4 nitrogen and oxygen atoms in total. The van der Waals surface area contributed by atoms with Crippen molar-refractivity contribution in [2.45, 2.75) is 12.8 Å². The number of benzene rings is 1. The molecule has 0 saturated heterocycles. The zero-order valence-electron chi connectivity index (χ0n) is 10.6. The maximum Gasteiger partial charge on any atom is 0.161 e. The Kier molecular flexibility index (Phi) is 3.63. The summed E-state index contributed by atoms with van der Waals surface area (Å²) < 4.78 is 0. The van der Waals surface area contributed by atoms with Gasteiger partial charge in [0.2, 0.25) is 0 Å². The Bertz CT molecular complexity index is 546. The SMILES string of the molecule is CN(C)c1ccc(CCc2[nH]cnc2C#N)cc1. The van der Waals surface area contributed by atoms with Crippen molar-refractivity contribution in [2.24, 2.45) is 0 Å². The van der Waals surface area contributed by atoms with Gasteiger partial charge in [0.1, 0.15) is 6.07 Å². The molecule has 0 spiro atoms. The Morgan fingerprint density at radius 2 is 1.94 bits per heavy atom. The second-order valence-electron chi connectivity index (χ2n) is 4.40. The summed E-state index contributed by atoms with van der Waals surface area (Å²) in [6, 6.07) is 10.5. The Morgan fingerprint density at radius 1 is 1.22 bits per heavy atom. The highest BCUT2D eigenvalue weighted by molar-refractivity contribution is 5.46. The topological polar surface area (TPSA) is 55.7 Å². The molecule has 0 fully saturated rings. The summed E-state index contributed by atoms with van der Waals surface area (Å²) in [5.41, 5.74) is 3.87. The normalized spacial score (nSPS) is 10.1. The number of aryl methyl sites for hydroxylation is 2. The number of aromatic nitrogens is 2. The van der Waals surface area contributed by atoms with Crippen molar-refractivity contribution in [3.05, 3.63) is 47.5 Å². The van der Waals surface area contributed by atoms with E-state index in [-0.39, 0.29) is 0 Å². The Morgan fingerprint density at radius 3 is 2.56 bits per heavy atom. The third-order valence-corrected chi connectivity index (χ3v) is 2.94. The number of hydrogen-bond donors (Lipinski definition) is 1. The molecule has 0 saturated carbocycles. The molecule has 2 aromatic rings. The first-order valence-corrected chi connectivity index (χ1v) is 5.89. The van der Waals surface area contributed by atoms with E-state index in [9.17, 15) is 0 Å². The number of anilines is 1. The van der Waals surface area contributed by atoms with Crippen LogP contribution in [0.4, 0.5) is 5.69 Å². The van der Waals surface area contributed by atoms with Crippen molar-refractivity contribution in [3.63, 3.8) is 0 Å². The van der Waals surface area contributed by atoms with Crippen LogP contribution < -0.4 is 4.90 Å². The van der Waals surface area contributed by atoms with Gasteiger partial charge in [-0.05, 0) is 30.5 Å². The number of nitrogens with one attached hydrogen (secondary N) is 1. The van der Waals surface area contributed by atoms with Crippen molar-refractivity contribution in [1.82, 2.24) is 9.97 Å². The Labute approximate surface area is 107 Å². The average molecular weight is 240 g/mol. The summed E-state index contributed by atoms with van der Waals surface area (Å²) in [4.78, 5) is 9.05. The van der Waals surface area contributed by atoms with E-state index in [1.54, 1.807) is 6.33 Å². The quantitative estimate of drug-likeness (QED) is 0.890. The van der Waals surface area contributed by atoms with Crippen molar-refractivity contribution in [2.75, 3.05) is 19.0 Å². The van der Waals surface area contributed by atoms with Gasteiger partial charge in [0.25, 0.3) is 0 Å². The second-order valence-corrected chi connectivity index (χ2v) is 4.40. The first-order chi connectivity index (χ1) is 8.70. The Balaban J connectivity index is 2.01. The number of aromatic amines is 1. The van der Waals surface area contributed by atoms with Crippen LogP contribution in [0.2, 0.25) is 0 Å². The summed E-state index contributed by atoms with van der Waals surface area (Å²) in [6.45, 7) is 0. The van der Waals surface area contributed by atoms with Crippen LogP contribution in [0.3, 0.4) is 0 Å². The molecule has 1 N–H and O–H groups in total. The number of nitrogens with zero attached hydrogens (tertiary/aromatic N) is 3. The molecule has 0 atom stereocenters. The highest BCUT2D eigenvalue weighted by atomic mass is 15.1. The molecule has 0 radical (unpaired) electrons. The lowest BCUT2D eigenvalue weighted by Gasteiger charge is -2.12. The van der Waals surface area contributed by atoms with E-state index in [0.29, 0.717) is 5.69 Å². The molecule has 0 aliphatic heterocycles. The van der Waals surface area contributed by atoms with Crippen LogP contribution in [0, 0.1) is 11.3 Å². The van der Waals surface area contributed by atoms with Gasteiger partial charge in [-0.1, -0.05) is 12.1 Å². The van der Waals surface area contributed by atoms with Crippen LogP contribution in [0.5, 0.6) is 0 Å². The smallest absolute Gasteiger partial charge is 0.161 e. The zero-order chi connectivity index (χ0) is 13.0. The molecule has 18 heavy (non-hydrogen) atoms. The summed E-state index contributed by atoms with van der Waals surface area (Å²) in [5.74, 6) is 0. The molecule has 92 valence electrons. The van der Waals surface area contributed by atoms with Crippen LogP contribution in [0.1, 0.15) is 17.0 Å². The second kappa shape index (κ2) is 5.37. The van der Waals surface area contributed by atoms with Crippen LogP contribution in [0.15, 0.2) is 30.6 Å². The van der Waals surface area contributed by atoms with E-state index in [2.05, 4.69) is 45.2 Å². The number of rotatable bonds is 4. The molecule has 0 bridgehead atoms. The van der Waals surface area contributed by atoms with Gasteiger partial charge in [-0.2, -0.15) is 5.26 Å². The third kappa shape index (κ3) is 2.69. The van der Waals surface area contributed by atoms with Gasteiger partial charge in [-0.3, -0.25) is 0 Å². The van der Waals surface area contributed by atoms with Gasteiger partial charge in [-0.15, -0.1) is 0 Å². The molecule has 0 unspecified atom stereocenters. The maximum atomic E-state index is 8.86. The summed E-state index contributed by atoms with van der Waals surface area (Å²) >= 11 is 0. The van der Waals surface area contributed by atoms with E-state index in [1.807, 2.05) is 14.1 Å². The van der Waals surface area contributed by atoms with Gasteiger partial charge < -0.3 is 9.88 Å². The first kappa shape index (κ1) is 12.2. The molecule has 0 aliphatic carbocycles. The first-order valence-electron chi connectivity index (χ1n) is 5.89. The predicted octanol–water partition coefficient (Wildman–Crippen LogP) is 2.13. The van der Waals surface area contributed by atoms with E-state index < -0.39 is 0 Å². The molecule has 0 amide bonds. The number of H-pyrrole nitrogens is 1. The fourth-order valence-corrected chi connectivity index (χ4v) is 1.84. The summed E-state index contributed by atoms with van der Waals surface area (Å²) in [7, 11) is 4.05. The highest BCUT2D eigenvalue weighted by Gasteiger charge is 2.04. The molecule has 1 aromatic carbocycles. The van der Waals surface area contributed by atoms with Crippen LogP contribution in [0.25, 0.3) is 0 Å². The zero-order valence-corrected chi connectivity index (χ0v) is 10.6. The molecular formula is C14H16N4. The lowest BCUT2D eigenvalue weighted by atomic mass is 10.1. The fourth-order valence-electron chi connectivity index (χ4n) is 1.84. The number of imidazole rings is 1. The molecule has 1 heterocycles. The molecule has 0 aliphatic rings. The third-order valence-electron chi connectivity index (χ3n) is 2.94. The lowest BCUT2D eigenvalue weighted by molar-refractivity contribution is 0.920. The Hall–Kier alpha value is -2.28. The number of nitriles is 1.